The van der Waals surface area contributed by atoms with Crippen molar-refractivity contribution in [1.82, 2.24) is 25.0 Å². The highest BCUT2D eigenvalue weighted by molar-refractivity contribution is 7.17. The van der Waals surface area contributed by atoms with Gasteiger partial charge in [0.1, 0.15) is 22.7 Å². The molecule has 0 radical (unpaired) electrons. The van der Waals surface area contributed by atoms with E-state index in [0.717, 1.165) is 32.6 Å². The Morgan fingerprint density at radius 2 is 1.89 bits per heavy atom. The second-order valence-corrected chi connectivity index (χ2v) is 9.14. The smallest absolute Gasteiger partial charge is 0.327 e. The molecule has 0 bridgehead atoms. The van der Waals surface area contributed by atoms with Gasteiger partial charge in [0.05, 0.1) is 30.5 Å². The summed E-state index contributed by atoms with van der Waals surface area (Å²) in [4.78, 5) is 20.7. The van der Waals surface area contributed by atoms with Gasteiger partial charge in [-0.1, -0.05) is 17.3 Å². The molecule has 0 aliphatic carbocycles. The van der Waals surface area contributed by atoms with Crippen LogP contribution in [0.4, 0.5) is 11.6 Å². The maximum Gasteiger partial charge on any atom is 0.327 e. The molecule has 0 saturated carbocycles. The highest BCUT2D eigenvalue weighted by atomic mass is 32.1. The van der Waals surface area contributed by atoms with Crippen molar-refractivity contribution in [1.29, 1.82) is 5.26 Å². The van der Waals surface area contributed by atoms with E-state index < -0.39 is 5.97 Å². The Kier molecular flexibility index (Phi) is 6.49. The number of ether oxygens (including phenoxy) is 2. The zero-order valence-electron chi connectivity index (χ0n) is 20.2. The SMILES string of the molecule is COC(=O)Cn1cc(-c2ccc(Nc3nc(Oc4c(C)cc(C#N)cc4C)c4sccc4n3)cc2)nn1. The van der Waals surface area contributed by atoms with E-state index in [1.54, 1.807) is 18.3 Å². The van der Waals surface area contributed by atoms with Gasteiger partial charge in [-0.3, -0.25) is 4.79 Å². The molecule has 0 fully saturated rings. The summed E-state index contributed by atoms with van der Waals surface area (Å²) >= 11 is 1.50. The van der Waals surface area contributed by atoms with E-state index in [-0.39, 0.29) is 6.54 Å². The Bertz CT molecular complexity index is 1630. The lowest BCUT2D eigenvalue weighted by Gasteiger charge is -2.13. The van der Waals surface area contributed by atoms with Crippen molar-refractivity contribution in [3.05, 3.63) is 70.7 Å². The Morgan fingerprint density at radius 3 is 2.59 bits per heavy atom. The lowest BCUT2D eigenvalue weighted by atomic mass is 10.1. The van der Waals surface area contributed by atoms with E-state index in [2.05, 4.69) is 36.4 Å². The van der Waals surface area contributed by atoms with Gasteiger partial charge >= 0.3 is 5.97 Å². The standard InChI is InChI=1S/C26H21N7O3S/c1-15-10-17(12-27)11-16(2)23(15)36-25-24-20(8-9-37-24)29-26(30-25)28-19-6-4-18(5-7-19)21-13-33(32-31-21)14-22(34)35-3/h4-11,13H,14H2,1-3H3,(H,28,29,30). The quantitative estimate of drug-likeness (QED) is 0.295. The van der Waals surface area contributed by atoms with Crippen LogP contribution in [-0.2, 0) is 16.1 Å². The number of hydrogen-bond acceptors (Lipinski definition) is 10. The van der Waals surface area contributed by atoms with Gasteiger partial charge in [0, 0.05) is 11.3 Å². The van der Waals surface area contributed by atoms with Crippen molar-refractivity contribution in [2.45, 2.75) is 20.4 Å². The summed E-state index contributed by atoms with van der Waals surface area (Å²) in [6.45, 7) is 3.81. The van der Waals surface area contributed by atoms with Gasteiger partial charge in [0.15, 0.2) is 0 Å². The molecule has 11 heteroatoms. The summed E-state index contributed by atoms with van der Waals surface area (Å²) < 4.78 is 13.2. The van der Waals surface area contributed by atoms with Crippen molar-refractivity contribution in [3.63, 3.8) is 0 Å². The van der Waals surface area contributed by atoms with E-state index in [0.29, 0.717) is 28.8 Å². The first-order valence-corrected chi connectivity index (χ1v) is 12.1. The fourth-order valence-corrected chi connectivity index (χ4v) is 4.55. The number of nitriles is 1. The second-order valence-electron chi connectivity index (χ2n) is 8.22. The van der Waals surface area contributed by atoms with E-state index in [4.69, 9.17) is 4.74 Å². The summed E-state index contributed by atoms with van der Waals surface area (Å²) in [5, 5.41) is 22.5. The minimum Gasteiger partial charge on any atom is -0.468 e. The molecule has 3 aromatic heterocycles. The van der Waals surface area contributed by atoms with Crippen LogP contribution in [0.3, 0.4) is 0 Å². The van der Waals surface area contributed by atoms with Gasteiger partial charge in [-0.15, -0.1) is 16.4 Å². The molecule has 0 aliphatic heterocycles. The number of methoxy groups -OCH3 is 1. The van der Waals surface area contributed by atoms with Crippen LogP contribution in [0, 0.1) is 25.2 Å². The number of esters is 1. The number of carbonyl (C=O) groups is 1. The highest BCUT2D eigenvalue weighted by Gasteiger charge is 2.15. The number of hydrogen-bond donors (Lipinski definition) is 1. The van der Waals surface area contributed by atoms with E-state index >= 15 is 0 Å². The molecule has 0 aliphatic rings. The molecule has 0 atom stereocenters. The molecule has 37 heavy (non-hydrogen) atoms. The Morgan fingerprint density at radius 1 is 1.14 bits per heavy atom. The van der Waals surface area contributed by atoms with Crippen LogP contribution in [0.5, 0.6) is 11.6 Å². The number of nitrogens with zero attached hydrogens (tertiary/aromatic N) is 6. The third-order valence-electron chi connectivity index (χ3n) is 5.55. The number of aromatic nitrogens is 5. The second kappa shape index (κ2) is 10.0. The molecule has 0 spiro atoms. The molecule has 5 rings (SSSR count). The summed E-state index contributed by atoms with van der Waals surface area (Å²) in [7, 11) is 1.33. The molecule has 5 aromatic rings. The molecule has 0 amide bonds. The lowest BCUT2D eigenvalue weighted by Crippen LogP contribution is -2.11. The van der Waals surface area contributed by atoms with Crippen LogP contribution < -0.4 is 10.1 Å². The summed E-state index contributed by atoms with van der Waals surface area (Å²) in [5.74, 6) is 1.10. The number of benzene rings is 2. The van der Waals surface area contributed by atoms with Gasteiger partial charge in [-0.2, -0.15) is 10.2 Å². The molecule has 10 nitrogen and oxygen atoms in total. The van der Waals surface area contributed by atoms with Gasteiger partial charge in [0.2, 0.25) is 11.8 Å². The molecule has 1 N–H and O–H groups in total. The highest BCUT2D eigenvalue weighted by Crippen LogP contribution is 2.36. The molecule has 2 aromatic carbocycles. The predicted molar refractivity (Wildman–Crippen MR) is 139 cm³/mol. The van der Waals surface area contributed by atoms with Crippen LogP contribution in [0.2, 0.25) is 0 Å². The van der Waals surface area contributed by atoms with Gasteiger partial charge < -0.3 is 14.8 Å². The fraction of sp³-hybridized carbons (Fsp3) is 0.154. The van der Waals surface area contributed by atoms with Crippen molar-refractivity contribution >= 4 is 39.2 Å². The zero-order chi connectivity index (χ0) is 25.9. The van der Waals surface area contributed by atoms with Crippen molar-refractivity contribution < 1.29 is 14.3 Å². The maximum atomic E-state index is 11.4. The number of fused-ring (bicyclic) bond motifs is 1. The Labute approximate surface area is 216 Å². The Hall–Kier alpha value is -4.82. The number of anilines is 2. The van der Waals surface area contributed by atoms with Gasteiger partial charge in [-0.05, 0) is 60.7 Å². The number of rotatable bonds is 7. The molecule has 0 unspecified atom stereocenters. The molecular formula is C26H21N7O3S. The first kappa shape index (κ1) is 23.9. The van der Waals surface area contributed by atoms with Crippen molar-refractivity contribution in [2.24, 2.45) is 0 Å². The minimum atomic E-state index is -0.397. The van der Waals surface area contributed by atoms with Gasteiger partial charge in [0.25, 0.3) is 0 Å². The van der Waals surface area contributed by atoms with E-state index in [9.17, 15) is 10.1 Å². The maximum absolute atomic E-state index is 11.4. The van der Waals surface area contributed by atoms with E-state index in [1.165, 1.54) is 23.1 Å². The van der Waals surface area contributed by atoms with Crippen molar-refractivity contribution in [3.8, 4) is 29.0 Å². The van der Waals surface area contributed by atoms with Crippen LogP contribution >= 0.6 is 11.3 Å². The summed E-state index contributed by atoms with van der Waals surface area (Å²) in [6, 6.07) is 15.2. The predicted octanol–water partition coefficient (Wildman–Crippen LogP) is 5.15. The molecule has 0 saturated heterocycles. The molecular weight excluding hydrogens is 490 g/mol. The van der Waals surface area contributed by atoms with Crippen LogP contribution in [-0.4, -0.2) is 38.0 Å². The first-order chi connectivity index (χ1) is 17.9. The van der Waals surface area contributed by atoms with Crippen LogP contribution in [0.1, 0.15) is 16.7 Å². The number of carbonyl (C=O) groups excluding carboxylic acids is 1. The van der Waals surface area contributed by atoms with Crippen molar-refractivity contribution in [2.75, 3.05) is 12.4 Å². The normalized spacial score (nSPS) is 10.8. The number of nitrogens with one attached hydrogen (secondary N) is 1. The van der Waals surface area contributed by atoms with E-state index in [1.807, 2.05) is 49.6 Å². The third kappa shape index (κ3) is 5.10. The summed E-state index contributed by atoms with van der Waals surface area (Å²) in [6.07, 6.45) is 1.68. The average Bonchev–Trinajstić information content (AvgIpc) is 3.56. The molecule has 3 heterocycles. The largest absolute Gasteiger partial charge is 0.468 e. The van der Waals surface area contributed by atoms with Crippen LogP contribution in [0.15, 0.2) is 54.0 Å². The molecule has 184 valence electrons. The topological polar surface area (TPSA) is 128 Å². The summed E-state index contributed by atoms with van der Waals surface area (Å²) in [5.41, 5.74) is 5.31. The van der Waals surface area contributed by atoms with Crippen LogP contribution in [0.25, 0.3) is 21.5 Å². The zero-order valence-corrected chi connectivity index (χ0v) is 21.0. The number of thiophene rings is 1. The first-order valence-electron chi connectivity index (χ1n) is 11.2. The fourth-order valence-electron chi connectivity index (χ4n) is 3.79. The number of aryl methyl sites for hydroxylation is 2. The minimum absolute atomic E-state index is 0.00252. The average molecular weight is 512 g/mol. The Balaban J connectivity index is 1.38. The lowest BCUT2D eigenvalue weighted by molar-refractivity contribution is -0.141. The monoisotopic (exact) mass is 511 g/mol. The third-order valence-corrected chi connectivity index (χ3v) is 6.45. The van der Waals surface area contributed by atoms with Gasteiger partial charge in [-0.25, -0.2) is 9.67 Å².